The average molecular weight is 233 g/mol. The number of nitrogen functional groups attached to an aromatic ring is 1. The molecule has 0 aromatic heterocycles. The topological polar surface area (TPSA) is 62.3 Å². The summed E-state index contributed by atoms with van der Waals surface area (Å²) in [7, 11) is 2.11. The van der Waals surface area contributed by atoms with Crippen LogP contribution in [-0.2, 0) is 4.74 Å². The third-order valence-corrected chi connectivity index (χ3v) is 3.32. The fraction of sp³-hybridized carbons (Fsp3) is 0.462. The lowest BCUT2D eigenvalue weighted by molar-refractivity contribution is 0.0855. The molecule has 1 aromatic rings. The molecule has 0 bridgehead atoms. The summed E-state index contributed by atoms with van der Waals surface area (Å²) >= 11 is 0. The molecule has 4 nitrogen and oxygen atoms in total. The van der Waals surface area contributed by atoms with Crippen LogP contribution in [0, 0.1) is 5.41 Å². The molecule has 0 unspecified atom stereocenters. The third kappa shape index (κ3) is 2.77. The largest absolute Gasteiger partial charge is 0.384 e. The van der Waals surface area contributed by atoms with E-state index in [0.29, 0.717) is 6.04 Å². The highest BCUT2D eigenvalue weighted by atomic mass is 16.5. The third-order valence-electron chi connectivity index (χ3n) is 3.32. The van der Waals surface area contributed by atoms with E-state index in [-0.39, 0.29) is 5.84 Å². The van der Waals surface area contributed by atoms with Crippen molar-refractivity contribution in [1.29, 1.82) is 5.41 Å². The summed E-state index contributed by atoms with van der Waals surface area (Å²) in [6.07, 6.45) is 2.15. The summed E-state index contributed by atoms with van der Waals surface area (Å²) in [5, 5.41) is 7.36. The van der Waals surface area contributed by atoms with Crippen molar-refractivity contribution in [2.24, 2.45) is 5.73 Å². The van der Waals surface area contributed by atoms with Gasteiger partial charge in [0.2, 0.25) is 0 Å². The molecule has 1 aromatic carbocycles. The van der Waals surface area contributed by atoms with Crippen LogP contribution in [0.5, 0.6) is 0 Å². The number of hydrogen-bond acceptors (Lipinski definition) is 3. The number of hydrogen-bond donors (Lipinski definition) is 2. The summed E-state index contributed by atoms with van der Waals surface area (Å²) < 4.78 is 5.36. The highest BCUT2D eigenvalue weighted by Crippen LogP contribution is 2.21. The van der Waals surface area contributed by atoms with Gasteiger partial charge in [-0.3, -0.25) is 5.41 Å². The molecule has 0 atom stereocenters. The maximum atomic E-state index is 7.36. The Labute approximate surface area is 102 Å². The van der Waals surface area contributed by atoms with Crippen molar-refractivity contribution in [1.82, 2.24) is 0 Å². The van der Waals surface area contributed by atoms with E-state index in [2.05, 4.69) is 11.9 Å². The first-order chi connectivity index (χ1) is 8.18. The molecular formula is C13H19N3O. The molecule has 17 heavy (non-hydrogen) atoms. The second kappa shape index (κ2) is 5.19. The Balaban J connectivity index is 2.07. The molecule has 0 spiro atoms. The monoisotopic (exact) mass is 233 g/mol. The van der Waals surface area contributed by atoms with E-state index in [1.807, 2.05) is 24.3 Å². The SMILES string of the molecule is CN(c1ccc(C(=N)N)cc1)C1CCOCC1. The van der Waals surface area contributed by atoms with Crippen LogP contribution >= 0.6 is 0 Å². The van der Waals surface area contributed by atoms with Gasteiger partial charge in [0, 0.05) is 37.6 Å². The van der Waals surface area contributed by atoms with Crippen molar-refractivity contribution in [2.75, 3.05) is 25.2 Å². The zero-order valence-corrected chi connectivity index (χ0v) is 10.1. The fourth-order valence-electron chi connectivity index (χ4n) is 2.16. The molecule has 4 heteroatoms. The van der Waals surface area contributed by atoms with Crippen LogP contribution in [0.1, 0.15) is 18.4 Å². The molecule has 0 amide bonds. The van der Waals surface area contributed by atoms with Gasteiger partial charge in [-0.15, -0.1) is 0 Å². The van der Waals surface area contributed by atoms with Gasteiger partial charge in [-0.05, 0) is 37.1 Å². The Kier molecular flexibility index (Phi) is 3.64. The zero-order chi connectivity index (χ0) is 12.3. The van der Waals surface area contributed by atoms with Gasteiger partial charge in [-0.25, -0.2) is 0 Å². The van der Waals surface area contributed by atoms with Gasteiger partial charge in [-0.1, -0.05) is 0 Å². The van der Waals surface area contributed by atoms with Crippen molar-refractivity contribution in [3.05, 3.63) is 29.8 Å². The lowest BCUT2D eigenvalue weighted by Crippen LogP contribution is -2.36. The number of nitrogens with two attached hydrogens (primary N) is 1. The number of amidine groups is 1. The van der Waals surface area contributed by atoms with Gasteiger partial charge in [0.25, 0.3) is 0 Å². The number of nitrogens with one attached hydrogen (secondary N) is 1. The Bertz CT molecular complexity index is 382. The Morgan fingerprint density at radius 2 is 1.88 bits per heavy atom. The lowest BCUT2D eigenvalue weighted by Gasteiger charge is -2.33. The minimum atomic E-state index is 0.116. The molecular weight excluding hydrogens is 214 g/mol. The van der Waals surface area contributed by atoms with Crippen molar-refractivity contribution in [3.8, 4) is 0 Å². The zero-order valence-electron chi connectivity index (χ0n) is 10.1. The lowest BCUT2D eigenvalue weighted by atomic mass is 10.1. The van der Waals surface area contributed by atoms with E-state index in [1.54, 1.807) is 0 Å². The Morgan fingerprint density at radius 3 is 2.41 bits per heavy atom. The number of ether oxygens (including phenoxy) is 1. The molecule has 1 heterocycles. The molecule has 3 N–H and O–H groups in total. The van der Waals surface area contributed by atoms with Crippen LogP contribution in [0.4, 0.5) is 5.69 Å². The Morgan fingerprint density at radius 1 is 1.29 bits per heavy atom. The minimum absolute atomic E-state index is 0.116. The van der Waals surface area contributed by atoms with Gasteiger partial charge in [-0.2, -0.15) is 0 Å². The van der Waals surface area contributed by atoms with E-state index in [0.717, 1.165) is 31.6 Å². The summed E-state index contributed by atoms with van der Waals surface area (Å²) in [6, 6.07) is 8.38. The van der Waals surface area contributed by atoms with Gasteiger partial charge in [0.1, 0.15) is 5.84 Å². The standard InChI is InChI=1S/C13H19N3O/c1-16(12-6-8-17-9-7-12)11-4-2-10(3-5-11)13(14)15/h2-5,12H,6-9H2,1H3,(H3,14,15). The minimum Gasteiger partial charge on any atom is -0.384 e. The molecule has 1 fully saturated rings. The molecule has 92 valence electrons. The number of rotatable bonds is 3. The summed E-state index contributed by atoms with van der Waals surface area (Å²) in [6.45, 7) is 1.70. The molecule has 0 aliphatic carbocycles. The van der Waals surface area contributed by atoms with Crippen LogP contribution in [0.2, 0.25) is 0 Å². The molecule has 0 radical (unpaired) electrons. The first-order valence-corrected chi connectivity index (χ1v) is 5.93. The maximum absolute atomic E-state index is 7.36. The average Bonchev–Trinajstić information content (AvgIpc) is 2.39. The predicted molar refractivity (Wildman–Crippen MR) is 69.7 cm³/mol. The fourth-order valence-corrected chi connectivity index (χ4v) is 2.16. The van der Waals surface area contributed by atoms with Crippen LogP contribution in [0.15, 0.2) is 24.3 Å². The Hall–Kier alpha value is -1.55. The van der Waals surface area contributed by atoms with E-state index >= 15 is 0 Å². The highest BCUT2D eigenvalue weighted by Gasteiger charge is 2.18. The first-order valence-electron chi connectivity index (χ1n) is 5.93. The summed E-state index contributed by atoms with van der Waals surface area (Å²) in [4.78, 5) is 2.28. The first kappa shape index (κ1) is 11.9. The van der Waals surface area contributed by atoms with Crippen LogP contribution in [0.3, 0.4) is 0 Å². The number of anilines is 1. The molecule has 1 aliphatic rings. The van der Waals surface area contributed by atoms with Gasteiger partial charge in [0.05, 0.1) is 0 Å². The van der Waals surface area contributed by atoms with Gasteiger partial charge in [0.15, 0.2) is 0 Å². The van der Waals surface area contributed by atoms with Crippen LogP contribution < -0.4 is 10.6 Å². The summed E-state index contributed by atoms with van der Waals surface area (Å²) in [5.41, 5.74) is 7.38. The van der Waals surface area contributed by atoms with Crippen molar-refractivity contribution >= 4 is 11.5 Å². The molecule has 1 saturated heterocycles. The predicted octanol–water partition coefficient (Wildman–Crippen LogP) is 1.59. The van der Waals surface area contributed by atoms with E-state index in [4.69, 9.17) is 15.9 Å². The normalized spacial score (nSPS) is 16.8. The van der Waals surface area contributed by atoms with E-state index in [9.17, 15) is 0 Å². The second-order valence-corrected chi connectivity index (χ2v) is 4.42. The molecule has 0 saturated carbocycles. The quantitative estimate of drug-likeness (QED) is 0.615. The maximum Gasteiger partial charge on any atom is 0.122 e. The summed E-state index contributed by atoms with van der Waals surface area (Å²) in [5.74, 6) is 0.116. The van der Waals surface area contributed by atoms with Crippen molar-refractivity contribution in [3.63, 3.8) is 0 Å². The van der Waals surface area contributed by atoms with Crippen LogP contribution in [-0.4, -0.2) is 32.1 Å². The van der Waals surface area contributed by atoms with Gasteiger partial charge < -0.3 is 15.4 Å². The smallest absolute Gasteiger partial charge is 0.122 e. The number of nitrogens with zero attached hydrogens (tertiary/aromatic N) is 1. The molecule has 1 aliphatic heterocycles. The second-order valence-electron chi connectivity index (χ2n) is 4.42. The highest BCUT2D eigenvalue weighted by molar-refractivity contribution is 5.95. The molecule has 2 rings (SSSR count). The van der Waals surface area contributed by atoms with Gasteiger partial charge >= 0.3 is 0 Å². The van der Waals surface area contributed by atoms with E-state index < -0.39 is 0 Å². The van der Waals surface area contributed by atoms with Crippen LogP contribution in [0.25, 0.3) is 0 Å². The number of benzene rings is 1. The van der Waals surface area contributed by atoms with E-state index in [1.165, 1.54) is 5.69 Å². The van der Waals surface area contributed by atoms with Crippen molar-refractivity contribution in [2.45, 2.75) is 18.9 Å². The van der Waals surface area contributed by atoms with Crippen molar-refractivity contribution < 1.29 is 4.74 Å².